The molecule has 3 aromatic rings. The van der Waals surface area contributed by atoms with Crippen LogP contribution in [0.5, 0.6) is 0 Å². The average Bonchev–Trinajstić information content (AvgIpc) is 2.88. The van der Waals surface area contributed by atoms with E-state index in [-0.39, 0.29) is 17.2 Å². The lowest BCUT2D eigenvalue weighted by Crippen LogP contribution is -2.50. The van der Waals surface area contributed by atoms with Gasteiger partial charge in [0.15, 0.2) is 11.6 Å². The number of Topliss-reactive ketones (excluding diaryl/α,β-unsaturated/α-hetero) is 1. The van der Waals surface area contributed by atoms with E-state index in [1.165, 1.54) is 24.3 Å². The lowest BCUT2D eigenvalue weighted by molar-refractivity contribution is -0.348. The molecule has 0 unspecified atom stereocenters. The molecule has 0 atom stereocenters. The lowest BCUT2D eigenvalue weighted by Gasteiger charge is -2.31. The lowest BCUT2D eigenvalue weighted by atomic mass is 9.89. The van der Waals surface area contributed by atoms with Gasteiger partial charge in [0.1, 0.15) is 0 Å². The number of nitriles is 1. The van der Waals surface area contributed by atoms with Gasteiger partial charge in [0.05, 0.1) is 28.4 Å². The third kappa shape index (κ3) is 6.35. The summed E-state index contributed by atoms with van der Waals surface area (Å²) in [4.78, 5) is 25.3. The van der Waals surface area contributed by atoms with Gasteiger partial charge in [-0.3, -0.25) is 9.59 Å². The van der Waals surface area contributed by atoms with Gasteiger partial charge >= 0.3 is 24.2 Å². The molecule has 0 aliphatic heterocycles. The molecule has 0 radical (unpaired) electrons. The number of carbonyl (C=O) groups excluding carboxylic acids is 2. The molecule has 1 N–H and O–H groups in total. The Kier molecular flexibility index (Phi) is 8.97. The number of ketones is 1. The minimum atomic E-state index is -6.69. The molecule has 1 amide bonds. The van der Waals surface area contributed by atoms with Gasteiger partial charge in [-0.05, 0) is 76.7 Å². The van der Waals surface area contributed by atoms with Crippen molar-refractivity contribution in [3.63, 3.8) is 0 Å². The smallest absolute Gasteiger partial charge is 0.319 e. The number of anilines is 1. The van der Waals surface area contributed by atoms with E-state index in [2.05, 4.69) is 5.32 Å². The third-order valence-corrected chi connectivity index (χ3v) is 6.80. The summed E-state index contributed by atoms with van der Waals surface area (Å²) in [5.41, 5.74) is -13.2. The molecule has 16 heteroatoms. The van der Waals surface area contributed by atoms with E-state index in [4.69, 9.17) is 5.26 Å². The highest BCUT2D eigenvalue weighted by Gasteiger charge is 2.73. The summed E-state index contributed by atoms with van der Waals surface area (Å²) < 4.78 is 149. The number of carbonyl (C=O) groups is 2. The fourth-order valence-corrected chi connectivity index (χ4v) is 4.56. The monoisotopic (exact) mass is 720 g/mol. The molecular weight excluding hydrogens is 708 g/mol. The highest BCUT2D eigenvalue weighted by molar-refractivity contribution is 14.1. The maximum absolute atomic E-state index is 15.1. The normalized spacial score (nSPS) is 12.5. The summed E-state index contributed by atoms with van der Waals surface area (Å²) >= 11 is 0.919. The van der Waals surface area contributed by atoms with Crippen molar-refractivity contribution in [2.75, 3.05) is 5.32 Å². The summed E-state index contributed by atoms with van der Waals surface area (Å²) in [6, 6.07) is 8.91. The van der Waals surface area contributed by atoms with Crippen LogP contribution in [-0.4, -0.2) is 24.0 Å². The molecule has 4 nitrogen and oxygen atoms in total. The van der Waals surface area contributed by atoms with Gasteiger partial charge in [0.25, 0.3) is 5.91 Å². The Hall–Kier alpha value is -3.75. The van der Waals surface area contributed by atoms with E-state index in [0.29, 0.717) is 0 Å². The molecule has 3 aromatic carbocycles. The average molecular weight is 720 g/mol. The molecule has 0 aliphatic carbocycles. The Morgan fingerprint density at radius 2 is 1.43 bits per heavy atom. The van der Waals surface area contributed by atoms with Crippen LogP contribution < -0.4 is 5.32 Å². The highest BCUT2D eigenvalue weighted by Crippen LogP contribution is 2.54. The second-order valence-corrected chi connectivity index (χ2v) is 9.71. The molecule has 0 spiro atoms. The summed E-state index contributed by atoms with van der Waals surface area (Å²) in [5, 5.41) is 11.0. The number of amides is 1. The summed E-state index contributed by atoms with van der Waals surface area (Å²) in [7, 11) is 0. The van der Waals surface area contributed by atoms with Gasteiger partial charge in [0, 0.05) is 21.1 Å². The molecule has 0 saturated carbocycles. The number of rotatable bonds is 6. The van der Waals surface area contributed by atoms with Crippen molar-refractivity contribution in [3.8, 4) is 6.07 Å². The van der Waals surface area contributed by atoms with Crippen molar-refractivity contribution < 1.29 is 57.9 Å². The van der Waals surface area contributed by atoms with Gasteiger partial charge in [-0.1, -0.05) is 6.07 Å². The predicted octanol–water partition coefficient (Wildman–Crippen LogP) is 8.29. The Bertz CT molecular complexity index is 1560. The van der Waals surface area contributed by atoms with Gasteiger partial charge in [0.2, 0.25) is 0 Å². The fraction of sp³-hybridized carbons (Fsp3) is 0.192. The number of hydrogen-bond donors (Lipinski definition) is 1. The van der Waals surface area contributed by atoms with E-state index >= 15 is 4.39 Å². The molecule has 222 valence electrons. The number of hydrogen-bond acceptors (Lipinski definition) is 3. The molecule has 0 fully saturated rings. The zero-order valence-corrected chi connectivity index (χ0v) is 22.4. The van der Waals surface area contributed by atoms with Crippen LogP contribution in [0.25, 0.3) is 0 Å². The predicted molar refractivity (Wildman–Crippen MR) is 133 cm³/mol. The van der Waals surface area contributed by atoms with Crippen molar-refractivity contribution in [1.29, 1.82) is 5.26 Å². The molecule has 3 rings (SSSR count). The minimum absolute atomic E-state index is 0.0313. The Morgan fingerprint density at radius 3 is 1.93 bits per heavy atom. The zero-order chi connectivity index (χ0) is 31.8. The largest absolute Gasteiger partial charge is 0.435 e. The number of benzene rings is 3. The maximum Gasteiger partial charge on any atom is 0.435 e. The van der Waals surface area contributed by atoms with Gasteiger partial charge in [-0.2, -0.15) is 44.8 Å². The summed E-state index contributed by atoms with van der Waals surface area (Å²) in [6.45, 7) is 0. The van der Waals surface area contributed by atoms with Gasteiger partial charge in [-0.25, -0.2) is 8.78 Å². The van der Waals surface area contributed by atoms with Gasteiger partial charge in [-0.15, -0.1) is 0 Å². The number of halogens is 12. The van der Waals surface area contributed by atoms with Crippen molar-refractivity contribution in [3.05, 3.63) is 97.4 Å². The molecule has 0 saturated heterocycles. The number of nitrogens with one attached hydrogen (secondary N) is 1. The van der Waals surface area contributed by atoms with Gasteiger partial charge < -0.3 is 5.32 Å². The Labute approximate surface area is 242 Å². The zero-order valence-electron chi connectivity index (χ0n) is 20.2. The Morgan fingerprint density at radius 1 is 0.857 bits per heavy atom. The summed E-state index contributed by atoms with van der Waals surface area (Å²) in [5.74, 6) is -3.69. The van der Waals surface area contributed by atoms with E-state index in [1.807, 2.05) is 6.07 Å². The van der Waals surface area contributed by atoms with Crippen molar-refractivity contribution >= 4 is 40.0 Å². The second kappa shape index (κ2) is 11.5. The second-order valence-electron chi connectivity index (χ2n) is 8.55. The van der Waals surface area contributed by atoms with Crippen LogP contribution in [0.2, 0.25) is 0 Å². The minimum Gasteiger partial charge on any atom is -0.319 e. The van der Waals surface area contributed by atoms with E-state index in [0.717, 1.165) is 40.8 Å². The van der Waals surface area contributed by atoms with Crippen LogP contribution in [-0.2, 0) is 18.3 Å². The third-order valence-electron chi connectivity index (χ3n) is 5.84. The van der Waals surface area contributed by atoms with Crippen LogP contribution in [0, 0.1) is 20.7 Å². The van der Waals surface area contributed by atoms with Crippen LogP contribution in [0.4, 0.5) is 54.0 Å². The van der Waals surface area contributed by atoms with E-state index < -0.39 is 85.7 Å². The van der Waals surface area contributed by atoms with Crippen molar-refractivity contribution in [2.24, 2.45) is 0 Å². The quantitative estimate of drug-likeness (QED) is 0.158. The van der Waals surface area contributed by atoms with Crippen molar-refractivity contribution in [1.82, 2.24) is 0 Å². The number of nitrogens with zero attached hydrogens (tertiary/aromatic N) is 1. The molecule has 0 aliphatic rings. The SMILES string of the molecule is N#Cc1ccc(C(=O)Nc2cccc(C(=O)Cc3c(I)cc(C(F)(C(F)(F)F)C(F)(F)F)cc3C(F)(F)F)c2F)cc1. The topological polar surface area (TPSA) is 70.0 Å². The first-order valence-electron chi connectivity index (χ1n) is 11.1. The summed E-state index contributed by atoms with van der Waals surface area (Å²) in [6.07, 6.45) is -20.4. The maximum atomic E-state index is 15.1. The molecule has 0 heterocycles. The standard InChI is InChI=1S/C26H12F11IN2O2/c27-21-15(2-1-3-19(21)40-22(42)13-6-4-12(11-39)5-7-13)20(41)10-16-17(24(29,30)31)8-14(9-18(16)38)23(28,25(32,33)34)26(35,36)37/h1-9H,10H2,(H,40,42). The van der Waals surface area contributed by atoms with Crippen molar-refractivity contribution in [2.45, 2.75) is 30.6 Å². The van der Waals surface area contributed by atoms with Crippen LogP contribution >= 0.6 is 22.6 Å². The van der Waals surface area contributed by atoms with E-state index in [1.54, 1.807) is 0 Å². The molecule has 42 heavy (non-hydrogen) atoms. The molecule has 0 bridgehead atoms. The van der Waals surface area contributed by atoms with E-state index in [9.17, 15) is 53.5 Å². The molecular formula is C26H12F11IN2O2. The van der Waals surface area contributed by atoms with Crippen LogP contribution in [0.15, 0.2) is 54.6 Å². The first kappa shape index (κ1) is 32.8. The first-order chi connectivity index (χ1) is 19.2. The van der Waals surface area contributed by atoms with Crippen LogP contribution in [0.1, 0.15) is 43.0 Å². The van der Waals surface area contributed by atoms with Crippen LogP contribution in [0.3, 0.4) is 0 Å². The first-order valence-corrected chi connectivity index (χ1v) is 12.2. The highest BCUT2D eigenvalue weighted by atomic mass is 127. The Balaban J connectivity index is 2.02. The number of alkyl halides is 10. The molecule has 0 aromatic heterocycles. The fourth-order valence-electron chi connectivity index (χ4n) is 3.75.